The van der Waals surface area contributed by atoms with Crippen LogP contribution in [-0.4, -0.2) is 35.8 Å². The molecule has 0 fully saturated rings. The van der Waals surface area contributed by atoms with E-state index in [4.69, 9.17) is 9.47 Å². The van der Waals surface area contributed by atoms with Gasteiger partial charge in [0.15, 0.2) is 0 Å². The Morgan fingerprint density at radius 1 is 1.10 bits per heavy atom. The third kappa shape index (κ3) is 4.24. The van der Waals surface area contributed by atoms with Gasteiger partial charge in [-0.3, -0.25) is 4.79 Å². The minimum atomic E-state index is -0.158. The van der Waals surface area contributed by atoms with Crippen LogP contribution in [0.4, 0.5) is 5.69 Å². The van der Waals surface area contributed by atoms with Crippen molar-refractivity contribution in [3.63, 3.8) is 0 Å². The third-order valence-corrected chi connectivity index (χ3v) is 6.32. The number of fused-ring (bicyclic) bond motifs is 1. The lowest BCUT2D eigenvalue weighted by Gasteiger charge is -2.11. The average Bonchev–Trinajstić information content (AvgIpc) is 3.23. The fraction of sp³-hybridized carbons (Fsp3) is 0.136. The number of ether oxygens (including phenoxy) is 2. The van der Waals surface area contributed by atoms with Crippen LogP contribution in [0.1, 0.15) is 0 Å². The Morgan fingerprint density at radius 3 is 2.70 bits per heavy atom. The Hall–Kier alpha value is -3.10. The number of rotatable bonds is 7. The van der Waals surface area contributed by atoms with Gasteiger partial charge in [0.25, 0.3) is 0 Å². The molecule has 2 aromatic heterocycles. The molecule has 2 aromatic carbocycles. The number of hydrogen-bond acceptors (Lipinski definition) is 7. The van der Waals surface area contributed by atoms with E-state index in [0.29, 0.717) is 17.2 Å². The molecular formula is C22H19N3O3S2. The van der Waals surface area contributed by atoms with Crippen LogP contribution in [0.5, 0.6) is 11.5 Å². The molecule has 0 saturated heterocycles. The summed E-state index contributed by atoms with van der Waals surface area (Å²) in [4.78, 5) is 22.3. The highest BCUT2D eigenvalue weighted by Gasteiger charge is 2.15. The van der Waals surface area contributed by atoms with Crippen molar-refractivity contribution < 1.29 is 14.3 Å². The Balaban J connectivity index is 1.54. The molecule has 1 N–H and O–H groups in total. The molecule has 0 atom stereocenters. The first-order valence-corrected chi connectivity index (χ1v) is 11.0. The lowest BCUT2D eigenvalue weighted by atomic mass is 10.1. The summed E-state index contributed by atoms with van der Waals surface area (Å²) in [5.74, 6) is 1.26. The second kappa shape index (κ2) is 9.15. The Bertz CT molecular complexity index is 1180. The lowest BCUT2D eigenvalue weighted by molar-refractivity contribution is -0.113. The van der Waals surface area contributed by atoms with Gasteiger partial charge in [0.2, 0.25) is 5.91 Å². The first kappa shape index (κ1) is 20.2. The molecule has 1 amide bonds. The number of hydrogen-bond donors (Lipinski definition) is 1. The van der Waals surface area contributed by atoms with E-state index in [1.54, 1.807) is 50.1 Å². The number of thiophene rings is 1. The van der Waals surface area contributed by atoms with Gasteiger partial charge in [0, 0.05) is 17.0 Å². The molecule has 152 valence electrons. The predicted molar refractivity (Wildman–Crippen MR) is 122 cm³/mol. The molecular weight excluding hydrogens is 418 g/mol. The summed E-state index contributed by atoms with van der Waals surface area (Å²) in [5, 5.41) is 6.73. The summed E-state index contributed by atoms with van der Waals surface area (Å²) < 4.78 is 10.6. The number of nitrogens with one attached hydrogen (secondary N) is 1. The normalized spacial score (nSPS) is 10.7. The van der Waals surface area contributed by atoms with Gasteiger partial charge in [0.05, 0.1) is 31.0 Å². The van der Waals surface area contributed by atoms with E-state index in [1.165, 1.54) is 11.8 Å². The molecule has 6 nitrogen and oxygen atoms in total. The van der Waals surface area contributed by atoms with Crippen molar-refractivity contribution >= 4 is 44.9 Å². The van der Waals surface area contributed by atoms with Gasteiger partial charge in [-0.15, -0.1) is 11.3 Å². The van der Waals surface area contributed by atoms with Crippen LogP contribution in [0.25, 0.3) is 21.3 Å². The van der Waals surface area contributed by atoms with E-state index in [9.17, 15) is 4.79 Å². The maximum absolute atomic E-state index is 12.6. The van der Waals surface area contributed by atoms with Crippen LogP contribution >= 0.6 is 23.1 Å². The first-order valence-electron chi connectivity index (χ1n) is 9.12. The Kier molecular flexibility index (Phi) is 6.15. The summed E-state index contributed by atoms with van der Waals surface area (Å²) in [6.07, 6.45) is 1.54. The average molecular weight is 438 g/mol. The topological polar surface area (TPSA) is 73.3 Å². The highest BCUT2D eigenvalue weighted by atomic mass is 32.2. The van der Waals surface area contributed by atoms with Crippen molar-refractivity contribution in [3.8, 4) is 22.6 Å². The highest BCUT2D eigenvalue weighted by Crippen LogP contribution is 2.38. The molecule has 0 saturated carbocycles. The second-order valence-electron chi connectivity index (χ2n) is 6.28. The Labute approximate surface area is 182 Å². The minimum absolute atomic E-state index is 0.158. The van der Waals surface area contributed by atoms with Crippen molar-refractivity contribution in [2.75, 3.05) is 25.3 Å². The monoisotopic (exact) mass is 437 g/mol. The zero-order valence-corrected chi connectivity index (χ0v) is 18.0. The van der Waals surface area contributed by atoms with Gasteiger partial charge in [-0.1, -0.05) is 42.1 Å². The van der Waals surface area contributed by atoms with E-state index < -0.39 is 0 Å². The molecule has 4 rings (SSSR count). The molecule has 0 unspecified atom stereocenters. The number of carbonyl (C=O) groups excluding carboxylic acids is 1. The van der Waals surface area contributed by atoms with Gasteiger partial charge < -0.3 is 14.8 Å². The smallest absolute Gasteiger partial charge is 0.234 e. The fourth-order valence-corrected chi connectivity index (χ4v) is 4.81. The van der Waals surface area contributed by atoms with Gasteiger partial charge in [-0.25, -0.2) is 9.97 Å². The van der Waals surface area contributed by atoms with Crippen molar-refractivity contribution in [1.82, 2.24) is 9.97 Å². The number of amides is 1. The zero-order chi connectivity index (χ0) is 20.9. The van der Waals surface area contributed by atoms with Crippen molar-refractivity contribution in [2.45, 2.75) is 5.03 Å². The Morgan fingerprint density at radius 2 is 1.93 bits per heavy atom. The van der Waals surface area contributed by atoms with E-state index in [2.05, 4.69) is 32.8 Å². The van der Waals surface area contributed by atoms with E-state index in [-0.39, 0.29) is 11.7 Å². The number of benzene rings is 2. The number of aromatic nitrogens is 2. The summed E-state index contributed by atoms with van der Waals surface area (Å²) >= 11 is 2.96. The van der Waals surface area contributed by atoms with E-state index in [0.717, 1.165) is 26.4 Å². The second-order valence-corrected chi connectivity index (χ2v) is 8.10. The molecule has 0 aliphatic heterocycles. The number of nitrogens with zero attached hydrogens (tertiary/aromatic N) is 2. The van der Waals surface area contributed by atoms with Crippen molar-refractivity contribution in [3.05, 3.63) is 60.2 Å². The predicted octanol–water partition coefficient (Wildman–Crippen LogP) is 5.11. The summed E-state index contributed by atoms with van der Waals surface area (Å²) in [6, 6.07) is 15.4. The quantitative estimate of drug-likeness (QED) is 0.320. The SMILES string of the molecule is COc1ccc(OC)c(NC(=O)CSc2ncnc3scc(-c4ccccc4)c23)c1. The van der Waals surface area contributed by atoms with Crippen LogP contribution < -0.4 is 14.8 Å². The van der Waals surface area contributed by atoms with Gasteiger partial charge in [-0.05, 0) is 17.7 Å². The van der Waals surface area contributed by atoms with Crippen LogP contribution in [0, 0.1) is 0 Å². The molecule has 0 bridgehead atoms. The maximum Gasteiger partial charge on any atom is 0.234 e. The van der Waals surface area contributed by atoms with Gasteiger partial charge in [0.1, 0.15) is 27.7 Å². The largest absolute Gasteiger partial charge is 0.497 e. The summed E-state index contributed by atoms with van der Waals surface area (Å²) in [5.41, 5.74) is 2.75. The molecule has 0 aliphatic rings. The molecule has 0 aliphatic carbocycles. The standard InChI is InChI=1S/C22H19N3O3S2/c1-27-15-8-9-18(28-2)17(10-15)25-19(26)12-30-22-20-16(14-6-4-3-5-7-14)11-29-21(20)23-13-24-22/h3-11,13H,12H2,1-2H3,(H,25,26). The van der Waals surface area contributed by atoms with Crippen molar-refractivity contribution in [1.29, 1.82) is 0 Å². The highest BCUT2D eigenvalue weighted by molar-refractivity contribution is 8.00. The molecule has 30 heavy (non-hydrogen) atoms. The van der Waals surface area contributed by atoms with E-state index in [1.807, 2.05) is 18.2 Å². The molecule has 0 radical (unpaired) electrons. The fourth-order valence-electron chi connectivity index (χ4n) is 3.02. The number of thioether (sulfide) groups is 1. The minimum Gasteiger partial charge on any atom is -0.497 e. The third-order valence-electron chi connectivity index (χ3n) is 4.44. The maximum atomic E-state index is 12.6. The summed E-state index contributed by atoms with van der Waals surface area (Å²) in [6.45, 7) is 0. The summed E-state index contributed by atoms with van der Waals surface area (Å²) in [7, 11) is 3.14. The molecule has 8 heteroatoms. The van der Waals surface area contributed by atoms with Crippen molar-refractivity contribution in [2.24, 2.45) is 0 Å². The van der Waals surface area contributed by atoms with Crippen LogP contribution in [0.3, 0.4) is 0 Å². The molecule has 0 spiro atoms. The van der Waals surface area contributed by atoms with E-state index >= 15 is 0 Å². The van der Waals surface area contributed by atoms with Crippen LogP contribution in [0.15, 0.2) is 65.3 Å². The zero-order valence-electron chi connectivity index (χ0n) is 16.4. The number of carbonyl (C=O) groups is 1. The van der Waals surface area contributed by atoms with Gasteiger partial charge in [-0.2, -0.15) is 0 Å². The van der Waals surface area contributed by atoms with Gasteiger partial charge >= 0.3 is 0 Å². The number of methoxy groups -OCH3 is 2. The first-order chi connectivity index (χ1) is 14.7. The molecule has 2 heterocycles. The van der Waals surface area contributed by atoms with Crippen LogP contribution in [-0.2, 0) is 4.79 Å². The lowest BCUT2D eigenvalue weighted by Crippen LogP contribution is -2.15. The number of anilines is 1. The van der Waals surface area contributed by atoms with Crippen LogP contribution in [0.2, 0.25) is 0 Å². The molecule has 4 aromatic rings.